The molecule has 0 N–H and O–H groups in total. The Kier molecular flexibility index (Phi) is 5.40. The summed E-state index contributed by atoms with van der Waals surface area (Å²) in [5, 5.41) is 0.816. The minimum atomic E-state index is -0.348. The first-order chi connectivity index (χ1) is 13.6. The minimum absolute atomic E-state index is 0.209. The number of halogens is 2. The first kappa shape index (κ1) is 19.0. The average Bonchev–Trinajstić information content (AvgIpc) is 2.94. The van der Waals surface area contributed by atoms with Gasteiger partial charge in [-0.25, -0.2) is 0 Å². The van der Waals surface area contributed by atoms with Gasteiger partial charge < -0.3 is 9.64 Å². The number of hydrogen-bond donors (Lipinski definition) is 0. The summed E-state index contributed by atoms with van der Waals surface area (Å²) in [4.78, 5) is 29.8. The maximum atomic E-state index is 13.3. The van der Waals surface area contributed by atoms with Gasteiger partial charge in [0.25, 0.3) is 11.8 Å². The Morgan fingerprint density at radius 3 is 2.32 bits per heavy atom. The van der Waals surface area contributed by atoms with Crippen molar-refractivity contribution in [3.05, 3.63) is 75.4 Å². The lowest BCUT2D eigenvalue weighted by atomic mass is 10.0. The molecule has 2 aromatic rings. The van der Waals surface area contributed by atoms with Crippen molar-refractivity contribution in [2.75, 3.05) is 26.3 Å². The Morgan fingerprint density at radius 2 is 1.64 bits per heavy atom. The summed E-state index contributed by atoms with van der Waals surface area (Å²) < 4.78 is 5.41. The normalized spacial score (nSPS) is 17.6. The fraction of sp³-hybridized carbons (Fsp3) is 0.238. The highest BCUT2D eigenvalue weighted by Crippen LogP contribution is 2.37. The van der Waals surface area contributed by atoms with Crippen LogP contribution in [0, 0.1) is 0 Å². The van der Waals surface area contributed by atoms with Gasteiger partial charge >= 0.3 is 0 Å². The summed E-state index contributed by atoms with van der Waals surface area (Å²) in [6.07, 6.45) is 0. The van der Waals surface area contributed by atoms with E-state index in [4.69, 9.17) is 27.9 Å². The number of morpholine rings is 1. The summed E-state index contributed by atoms with van der Waals surface area (Å²) in [6, 6.07) is 14.4. The molecule has 0 radical (unpaired) electrons. The van der Waals surface area contributed by atoms with E-state index in [0.29, 0.717) is 53.2 Å². The van der Waals surface area contributed by atoms with E-state index < -0.39 is 0 Å². The second-order valence-corrected chi connectivity index (χ2v) is 7.47. The number of carbonyl (C=O) groups is 2. The smallest absolute Gasteiger partial charge is 0.278 e. The minimum Gasteiger partial charge on any atom is -0.378 e. The molecule has 1 fully saturated rings. The van der Waals surface area contributed by atoms with Crippen molar-refractivity contribution in [1.29, 1.82) is 0 Å². The molecular formula is C21H18Cl2N2O3. The van der Waals surface area contributed by atoms with Crippen molar-refractivity contribution in [2.24, 2.45) is 0 Å². The number of carbonyl (C=O) groups excluding carboxylic acids is 2. The number of ether oxygens (including phenoxy) is 1. The topological polar surface area (TPSA) is 49.9 Å². The molecule has 0 atom stereocenters. The number of nitrogens with zero attached hydrogens (tertiary/aromatic N) is 2. The summed E-state index contributed by atoms with van der Waals surface area (Å²) in [5.41, 5.74) is 2.11. The molecule has 0 unspecified atom stereocenters. The third-order valence-corrected chi connectivity index (χ3v) is 5.40. The first-order valence-corrected chi connectivity index (χ1v) is 9.74. The maximum Gasteiger partial charge on any atom is 0.278 e. The van der Waals surface area contributed by atoms with Gasteiger partial charge in [-0.15, -0.1) is 0 Å². The number of amides is 2. The van der Waals surface area contributed by atoms with Crippen LogP contribution >= 0.6 is 23.2 Å². The van der Waals surface area contributed by atoms with E-state index in [9.17, 15) is 9.59 Å². The molecule has 28 heavy (non-hydrogen) atoms. The lowest BCUT2D eigenvalue weighted by molar-refractivity contribution is -0.138. The highest BCUT2D eigenvalue weighted by Gasteiger charge is 2.42. The zero-order valence-electron chi connectivity index (χ0n) is 15.0. The van der Waals surface area contributed by atoms with Crippen molar-refractivity contribution in [3.8, 4) is 0 Å². The molecule has 2 aliphatic heterocycles. The van der Waals surface area contributed by atoms with E-state index in [0.717, 1.165) is 5.56 Å². The predicted molar refractivity (Wildman–Crippen MR) is 108 cm³/mol. The maximum absolute atomic E-state index is 13.3. The van der Waals surface area contributed by atoms with Crippen molar-refractivity contribution in [2.45, 2.75) is 6.54 Å². The Bertz CT molecular complexity index is 953. The molecule has 0 saturated carbocycles. The lowest BCUT2D eigenvalue weighted by Gasteiger charge is -2.29. The third kappa shape index (κ3) is 3.53. The van der Waals surface area contributed by atoms with Gasteiger partial charge in [0.1, 0.15) is 5.70 Å². The van der Waals surface area contributed by atoms with E-state index in [2.05, 4.69) is 0 Å². The fourth-order valence-electron chi connectivity index (χ4n) is 3.49. The van der Waals surface area contributed by atoms with E-state index in [1.165, 1.54) is 4.90 Å². The Balaban J connectivity index is 1.78. The summed E-state index contributed by atoms with van der Waals surface area (Å²) in [7, 11) is 0. The summed E-state index contributed by atoms with van der Waals surface area (Å²) >= 11 is 12.4. The van der Waals surface area contributed by atoms with Crippen LogP contribution in [0.3, 0.4) is 0 Å². The van der Waals surface area contributed by atoms with Crippen LogP contribution < -0.4 is 0 Å². The van der Waals surface area contributed by atoms with Gasteiger partial charge in [-0.3, -0.25) is 14.5 Å². The van der Waals surface area contributed by atoms with E-state index in [1.54, 1.807) is 18.2 Å². The molecule has 2 amide bonds. The molecule has 0 aliphatic carbocycles. The van der Waals surface area contributed by atoms with Crippen molar-refractivity contribution in [1.82, 2.24) is 9.80 Å². The lowest BCUT2D eigenvalue weighted by Crippen LogP contribution is -2.40. The Morgan fingerprint density at radius 1 is 0.929 bits per heavy atom. The van der Waals surface area contributed by atoms with Gasteiger partial charge in [-0.2, -0.15) is 0 Å². The number of benzene rings is 2. The predicted octanol–water partition coefficient (Wildman–Crippen LogP) is 3.61. The van der Waals surface area contributed by atoms with Gasteiger partial charge in [0.05, 0.1) is 30.4 Å². The molecule has 5 nitrogen and oxygen atoms in total. The molecule has 2 heterocycles. The van der Waals surface area contributed by atoms with Crippen LogP contribution in [0.1, 0.15) is 11.1 Å². The third-order valence-electron chi connectivity index (χ3n) is 4.85. The van der Waals surface area contributed by atoms with Crippen molar-refractivity contribution < 1.29 is 14.3 Å². The highest BCUT2D eigenvalue weighted by atomic mass is 35.5. The second kappa shape index (κ2) is 7.95. The van der Waals surface area contributed by atoms with Crippen LogP contribution in [0.2, 0.25) is 10.0 Å². The van der Waals surface area contributed by atoms with Crippen molar-refractivity contribution in [3.63, 3.8) is 0 Å². The average molecular weight is 417 g/mol. The SMILES string of the molecule is O=C1C(c2ccc(Cl)cc2Cl)=C(N2CCOCC2)C(=O)N1Cc1ccccc1. The monoisotopic (exact) mass is 416 g/mol. The van der Waals surface area contributed by atoms with Crippen LogP contribution in [0.25, 0.3) is 5.57 Å². The fourth-order valence-corrected chi connectivity index (χ4v) is 3.99. The van der Waals surface area contributed by atoms with Gasteiger partial charge in [0.15, 0.2) is 0 Å². The summed E-state index contributed by atoms with van der Waals surface area (Å²) in [5.74, 6) is -0.656. The highest BCUT2D eigenvalue weighted by molar-refractivity contribution is 6.41. The van der Waals surface area contributed by atoms with Crippen LogP contribution in [0.5, 0.6) is 0 Å². The number of hydrogen-bond acceptors (Lipinski definition) is 4. The molecule has 2 aromatic carbocycles. The summed E-state index contributed by atoms with van der Waals surface area (Å²) in [6.45, 7) is 2.31. The van der Waals surface area contributed by atoms with Gasteiger partial charge in [-0.05, 0) is 17.7 Å². The van der Waals surface area contributed by atoms with E-state index in [-0.39, 0.29) is 18.4 Å². The van der Waals surface area contributed by atoms with Crippen LogP contribution in [0.4, 0.5) is 0 Å². The van der Waals surface area contributed by atoms with Crippen LogP contribution in [0.15, 0.2) is 54.2 Å². The quantitative estimate of drug-likeness (QED) is 0.714. The molecule has 2 aliphatic rings. The molecule has 4 rings (SSSR count). The molecular weight excluding hydrogens is 399 g/mol. The van der Waals surface area contributed by atoms with Crippen molar-refractivity contribution >= 4 is 40.6 Å². The second-order valence-electron chi connectivity index (χ2n) is 6.63. The van der Waals surface area contributed by atoms with E-state index >= 15 is 0 Å². The van der Waals surface area contributed by atoms with Gasteiger partial charge in [0.2, 0.25) is 0 Å². The molecule has 0 spiro atoms. The molecule has 0 aromatic heterocycles. The van der Waals surface area contributed by atoms with Crippen LogP contribution in [-0.4, -0.2) is 47.9 Å². The molecule has 0 bridgehead atoms. The first-order valence-electron chi connectivity index (χ1n) is 8.99. The van der Waals surface area contributed by atoms with Crippen LogP contribution in [-0.2, 0) is 20.9 Å². The largest absolute Gasteiger partial charge is 0.378 e. The zero-order valence-corrected chi connectivity index (χ0v) is 16.5. The Labute approximate surface area is 173 Å². The molecule has 1 saturated heterocycles. The molecule has 7 heteroatoms. The molecule has 144 valence electrons. The standard InChI is InChI=1S/C21H18Cl2N2O3/c22-15-6-7-16(17(23)12-15)18-19(24-8-10-28-11-9-24)21(27)25(20(18)26)13-14-4-2-1-3-5-14/h1-7,12H,8-11,13H2. The van der Waals surface area contributed by atoms with E-state index in [1.807, 2.05) is 35.2 Å². The van der Waals surface area contributed by atoms with Gasteiger partial charge in [-0.1, -0.05) is 59.6 Å². The van der Waals surface area contributed by atoms with Gasteiger partial charge in [0, 0.05) is 23.7 Å². The zero-order chi connectivity index (χ0) is 19.7. The number of imide groups is 1. The number of rotatable bonds is 4. The Hall–Kier alpha value is -2.34.